The van der Waals surface area contributed by atoms with Crippen LogP contribution in [0.5, 0.6) is 0 Å². The quantitative estimate of drug-likeness (QED) is 0.0934. The predicted octanol–water partition coefficient (Wildman–Crippen LogP) is 4.96. The van der Waals surface area contributed by atoms with Crippen LogP contribution in [0.25, 0.3) is 11.2 Å². The number of aromatic nitrogens is 4. The molecule has 164 valence electrons. The maximum atomic E-state index is 10.9. The fraction of sp³-hybridized carbons (Fsp3) is 0.368. The average molecular weight is 576 g/mol. The Balaban J connectivity index is 1.39. The fourth-order valence-corrected chi connectivity index (χ4v) is 4.10. The highest BCUT2D eigenvalue weighted by molar-refractivity contribution is 14.1. The van der Waals surface area contributed by atoms with Crippen LogP contribution >= 0.6 is 42.9 Å². The van der Waals surface area contributed by atoms with Crippen molar-refractivity contribution in [2.24, 2.45) is 4.99 Å². The van der Waals surface area contributed by atoms with Gasteiger partial charge in [0.05, 0.1) is 32.2 Å². The van der Waals surface area contributed by atoms with Crippen LogP contribution in [0.15, 0.2) is 41.9 Å². The highest BCUT2D eigenvalue weighted by Gasteiger charge is 2.14. The summed E-state index contributed by atoms with van der Waals surface area (Å²) >= 11 is 8.23. The van der Waals surface area contributed by atoms with Crippen molar-refractivity contribution in [3.8, 4) is 0 Å². The van der Waals surface area contributed by atoms with Gasteiger partial charge in [0.15, 0.2) is 17.0 Å². The highest BCUT2D eigenvalue weighted by atomic mass is 127. The molecule has 31 heavy (non-hydrogen) atoms. The van der Waals surface area contributed by atoms with Crippen molar-refractivity contribution in [1.82, 2.24) is 19.5 Å². The van der Waals surface area contributed by atoms with Crippen molar-refractivity contribution in [3.63, 3.8) is 0 Å². The van der Waals surface area contributed by atoms with Gasteiger partial charge in [0.1, 0.15) is 10.4 Å². The monoisotopic (exact) mass is 575 g/mol. The van der Waals surface area contributed by atoms with Gasteiger partial charge in [-0.3, -0.25) is 4.52 Å². The van der Waals surface area contributed by atoms with Crippen molar-refractivity contribution in [2.75, 3.05) is 19.8 Å². The van der Waals surface area contributed by atoms with Gasteiger partial charge in [-0.2, -0.15) is 0 Å². The van der Waals surface area contributed by atoms with Gasteiger partial charge in [-0.15, -0.1) is 0 Å². The molecule has 2 heterocycles. The zero-order valence-electron chi connectivity index (χ0n) is 16.4. The molecule has 0 N–H and O–H groups in total. The van der Waals surface area contributed by atoms with E-state index in [-0.39, 0.29) is 18.9 Å². The van der Waals surface area contributed by atoms with Crippen molar-refractivity contribution in [3.05, 3.63) is 47.5 Å². The number of nitrogens with zero attached hydrogens (tertiary/aromatic N) is 5. The third-order valence-electron chi connectivity index (χ3n) is 4.31. The smallest absolute Gasteiger partial charge is 0.327 e. The van der Waals surface area contributed by atoms with Crippen molar-refractivity contribution < 1.29 is 18.6 Å². The summed E-state index contributed by atoms with van der Waals surface area (Å²) in [6.45, 7) is 5.35. The van der Waals surface area contributed by atoms with Crippen molar-refractivity contribution in [1.29, 1.82) is 0 Å². The summed E-state index contributed by atoms with van der Waals surface area (Å²) in [4.78, 5) is 16.5. The maximum absolute atomic E-state index is 10.9. The van der Waals surface area contributed by atoms with Gasteiger partial charge >= 0.3 is 8.69 Å². The van der Waals surface area contributed by atoms with Crippen LogP contribution in [0.2, 0.25) is 5.02 Å². The summed E-state index contributed by atoms with van der Waals surface area (Å²) in [6, 6.07) is 7.28. The van der Waals surface area contributed by atoms with E-state index in [4.69, 9.17) is 25.6 Å². The molecule has 3 rings (SSSR count). The molecule has 1 aromatic carbocycles. The van der Waals surface area contributed by atoms with E-state index in [9.17, 15) is 4.57 Å². The number of aliphatic imine (C=N–C) groups is 1. The summed E-state index contributed by atoms with van der Waals surface area (Å²) in [7, 11) is -0.382. The Labute approximate surface area is 199 Å². The molecule has 0 amide bonds. The van der Waals surface area contributed by atoms with E-state index in [1.807, 2.05) is 16.7 Å². The second-order valence-corrected chi connectivity index (χ2v) is 8.52. The molecular formula is C19H20ClIN5O4P. The second-order valence-electron chi connectivity index (χ2n) is 6.33. The molecule has 0 fully saturated rings. The number of rotatable bonds is 13. The Hall–Kier alpha value is -1.56. The SMILES string of the molecule is C=Nc1ncnc2c1ncn2CC(I)OCCOCC[C@H](OP=O)c1cccc(Cl)c1. The number of halogens is 2. The van der Waals surface area contributed by atoms with Gasteiger partial charge in [-0.05, 0) is 47.0 Å². The molecule has 9 nitrogen and oxygen atoms in total. The molecule has 3 aromatic rings. The average Bonchev–Trinajstić information content (AvgIpc) is 3.18. The standard InChI is InChI=1S/C19H20ClIN5O4P/c1-22-18-17-19(24-11-23-18)26(12-25-17)10-16(21)29-8-7-28-6-5-15(30-31-27)13-3-2-4-14(20)9-13/h2-4,9,11-12,15-16H,1,5-8,10H2/t15-,16?/m0/s1. The summed E-state index contributed by atoms with van der Waals surface area (Å²) in [5.41, 5.74) is 2.15. The first-order valence-corrected chi connectivity index (χ1v) is 11.7. The van der Waals surface area contributed by atoms with Gasteiger partial charge in [0.25, 0.3) is 0 Å². The van der Waals surface area contributed by atoms with E-state index in [2.05, 4.69) is 49.3 Å². The lowest BCUT2D eigenvalue weighted by atomic mass is 10.1. The highest BCUT2D eigenvalue weighted by Crippen LogP contribution is 2.27. The molecular weight excluding hydrogens is 556 g/mol. The zero-order valence-corrected chi connectivity index (χ0v) is 20.2. The number of alkyl halides is 1. The van der Waals surface area contributed by atoms with Gasteiger partial charge in [-0.25, -0.2) is 24.5 Å². The Kier molecular flexibility index (Phi) is 9.69. The van der Waals surface area contributed by atoms with Crippen molar-refractivity contribution in [2.45, 2.75) is 23.2 Å². The summed E-state index contributed by atoms with van der Waals surface area (Å²) < 4.78 is 29.4. The van der Waals surface area contributed by atoms with Crippen LogP contribution in [0, 0.1) is 0 Å². The molecule has 0 saturated heterocycles. The van der Waals surface area contributed by atoms with Crippen molar-refractivity contribution >= 4 is 66.6 Å². The lowest BCUT2D eigenvalue weighted by molar-refractivity contribution is 0.0289. The molecule has 12 heteroatoms. The first-order chi connectivity index (χ1) is 15.1. The van der Waals surface area contributed by atoms with Gasteiger partial charge < -0.3 is 14.0 Å². The molecule has 2 atom stereocenters. The number of ether oxygens (including phenoxy) is 2. The molecule has 0 radical (unpaired) electrons. The van der Waals surface area contributed by atoms with Gasteiger partial charge in [-0.1, -0.05) is 23.7 Å². The molecule has 0 saturated carbocycles. The Morgan fingerprint density at radius 2 is 2.13 bits per heavy atom. The fourth-order valence-electron chi connectivity index (χ4n) is 2.89. The van der Waals surface area contributed by atoms with Gasteiger partial charge in [0, 0.05) is 18.1 Å². The maximum Gasteiger partial charge on any atom is 0.327 e. The van der Waals surface area contributed by atoms with E-state index in [1.54, 1.807) is 18.5 Å². The molecule has 0 spiro atoms. The third kappa shape index (κ3) is 6.96. The second kappa shape index (κ2) is 12.5. The lowest BCUT2D eigenvalue weighted by Crippen LogP contribution is -2.17. The minimum absolute atomic E-state index is 0.101. The molecule has 1 unspecified atom stereocenters. The van der Waals surface area contributed by atoms with Crippen LogP contribution in [0.1, 0.15) is 18.1 Å². The third-order valence-corrected chi connectivity index (χ3v) is 5.64. The number of imidazole rings is 1. The molecule has 0 aliphatic heterocycles. The van der Waals surface area contributed by atoms with Crippen LogP contribution in [-0.2, 0) is 25.1 Å². The Morgan fingerprint density at radius 1 is 1.26 bits per heavy atom. The van der Waals surface area contributed by atoms with Crippen LogP contribution in [0.4, 0.5) is 5.82 Å². The topological polar surface area (TPSA) is 101 Å². The van der Waals surface area contributed by atoms with E-state index in [0.29, 0.717) is 54.8 Å². The minimum atomic E-state index is -0.382. The van der Waals surface area contributed by atoms with E-state index in [1.165, 1.54) is 6.33 Å². The predicted molar refractivity (Wildman–Crippen MR) is 127 cm³/mol. The summed E-state index contributed by atoms with van der Waals surface area (Å²) in [5, 5.41) is 0.602. The molecule has 0 bridgehead atoms. The van der Waals surface area contributed by atoms with Crippen LogP contribution < -0.4 is 0 Å². The summed E-state index contributed by atoms with van der Waals surface area (Å²) in [6.07, 6.45) is 3.31. The van der Waals surface area contributed by atoms with E-state index < -0.39 is 0 Å². The summed E-state index contributed by atoms with van der Waals surface area (Å²) in [5.74, 6) is 0.458. The lowest BCUT2D eigenvalue weighted by Gasteiger charge is -2.15. The number of fused-ring (bicyclic) bond motifs is 1. The van der Waals surface area contributed by atoms with E-state index in [0.717, 1.165) is 5.56 Å². The Morgan fingerprint density at radius 3 is 2.90 bits per heavy atom. The molecule has 0 aliphatic rings. The number of hydrogen-bond acceptors (Lipinski definition) is 8. The van der Waals surface area contributed by atoms with E-state index >= 15 is 0 Å². The normalized spacial score (nSPS) is 13.5. The Bertz CT molecular complexity index is 1020. The number of benzene rings is 1. The number of hydrogen-bond donors (Lipinski definition) is 0. The molecule has 2 aromatic heterocycles. The van der Waals surface area contributed by atoms with Crippen LogP contribution in [-0.4, -0.2) is 50.2 Å². The minimum Gasteiger partial charge on any atom is -0.379 e. The van der Waals surface area contributed by atoms with Gasteiger partial charge in [0.2, 0.25) is 0 Å². The first-order valence-electron chi connectivity index (χ1n) is 9.32. The largest absolute Gasteiger partial charge is 0.379 e. The van der Waals surface area contributed by atoms with Crippen LogP contribution in [0.3, 0.4) is 0 Å². The zero-order chi connectivity index (χ0) is 22.1. The molecule has 0 aliphatic carbocycles. The first kappa shape index (κ1) is 24.1.